The maximum Gasteiger partial charge on any atom is 0.413 e. The highest BCUT2D eigenvalue weighted by Crippen LogP contribution is 2.37. The molecule has 0 saturated carbocycles. The van der Waals surface area contributed by atoms with Gasteiger partial charge in [0.15, 0.2) is 11.5 Å². The van der Waals surface area contributed by atoms with Crippen molar-refractivity contribution < 1.29 is 19.0 Å². The first-order valence-corrected chi connectivity index (χ1v) is 7.24. The van der Waals surface area contributed by atoms with Gasteiger partial charge < -0.3 is 19.5 Å². The molecule has 1 heterocycles. The summed E-state index contributed by atoms with van der Waals surface area (Å²) in [5, 5.41) is 5.56. The molecule has 1 atom stereocenters. The lowest BCUT2D eigenvalue weighted by atomic mass is 10.1. The van der Waals surface area contributed by atoms with E-state index in [1.807, 2.05) is 32.0 Å². The Morgan fingerprint density at radius 2 is 2.14 bits per heavy atom. The highest BCUT2D eigenvalue weighted by molar-refractivity contribution is 5.94. The molecule has 0 bridgehead atoms. The number of hydrogen-bond donors (Lipinski definition) is 2. The monoisotopic (exact) mass is 307 g/mol. The first-order valence-electron chi connectivity index (χ1n) is 7.24. The van der Waals surface area contributed by atoms with E-state index in [0.717, 1.165) is 5.56 Å². The molecule has 7 heteroatoms. The fourth-order valence-corrected chi connectivity index (χ4v) is 2.21. The second kappa shape index (κ2) is 7.53. The summed E-state index contributed by atoms with van der Waals surface area (Å²) in [6.07, 6.45) is -0.556. The summed E-state index contributed by atoms with van der Waals surface area (Å²) in [5.74, 6) is 1.79. The van der Waals surface area contributed by atoms with Crippen molar-refractivity contribution in [1.82, 2.24) is 10.6 Å². The van der Waals surface area contributed by atoms with Crippen LogP contribution in [0.25, 0.3) is 0 Å². The number of guanidine groups is 1. The fraction of sp³-hybridized carbons (Fsp3) is 0.467. The van der Waals surface area contributed by atoms with Crippen molar-refractivity contribution in [3.8, 4) is 11.5 Å². The maximum absolute atomic E-state index is 11.2. The van der Waals surface area contributed by atoms with Crippen molar-refractivity contribution in [1.29, 1.82) is 0 Å². The summed E-state index contributed by atoms with van der Waals surface area (Å²) in [4.78, 5) is 15.7. The molecule has 1 aromatic rings. The number of nitrogens with one attached hydrogen (secondary N) is 2. The summed E-state index contributed by atoms with van der Waals surface area (Å²) in [7, 11) is 1.31. The second-order valence-corrected chi connectivity index (χ2v) is 4.53. The standard InChI is InChI=1S/C15H21N3O4/c1-4-21-12-8-6-7-10(13(12)22-5-2)11-9-16-14(17-11)18-15(19)20-3/h6-8,11H,4-5,9H2,1-3H3,(H2,16,17,18,19). The third kappa shape index (κ3) is 3.60. The average molecular weight is 307 g/mol. The average Bonchev–Trinajstić information content (AvgIpc) is 2.97. The van der Waals surface area contributed by atoms with Gasteiger partial charge in [0.25, 0.3) is 0 Å². The van der Waals surface area contributed by atoms with Gasteiger partial charge in [0.2, 0.25) is 5.96 Å². The van der Waals surface area contributed by atoms with Crippen LogP contribution in [0.3, 0.4) is 0 Å². The van der Waals surface area contributed by atoms with E-state index in [2.05, 4.69) is 20.4 Å². The zero-order chi connectivity index (χ0) is 15.9. The van der Waals surface area contributed by atoms with E-state index < -0.39 is 6.09 Å². The van der Waals surface area contributed by atoms with Crippen LogP contribution in [-0.2, 0) is 4.74 Å². The SMILES string of the molecule is CCOc1cccc(C2CNC(NC(=O)OC)=N2)c1OCC. The molecule has 1 aliphatic rings. The highest BCUT2D eigenvalue weighted by Gasteiger charge is 2.24. The Morgan fingerprint density at radius 3 is 2.82 bits per heavy atom. The number of methoxy groups -OCH3 is 1. The Morgan fingerprint density at radius 1 is 1.36 bits per heavy atom. The topological polar surface area (TPSA) is 81.2 Å². The number of ether oxygens (including phenoxy) is 3. The third-order valence-corrected chi connectivity index (χ3v) is 3.11. The van der Waals surface area contributed by atoms with E-state index in [1.54, 1.807) is 0 Å². The molecular weight excluding hydrogens is 286 g/mol. The van der Waals surface area contributed by atoms with Crippen LogP contribution in [0, 0.1) is 0 Å². The largest absolute Gasteiger partial charge is 0.490 e. The summed E-state index contributed by atoms with van der Waals surface area (Å²) < 4.78 is 15.9. The number of aliphatic imine (C=N–C) groups is 1. The van der Waals surface area contributed by atoms with Gasteiger partial charge >= 0.3 is 6.09 Å². The first kappa shape index (κ1) is 15.9. The number of carbonyl (C=O) groups excluding carboxylic acids is 1. The van der Waals surface area contributed by atoms with Crippen molar-refractivity contribution in [3.05, 3.63) is 23.8 Å². The minimum atomic E-state index is -0.556. The van der Waals surface area contributed by atoms with Crippen molar-refractivity contribution in [2.24, 2.45) is 4.99 Å². The van der Waals surface area contributed by atoms with E-state index in [9.17, 15) is 4.79 Å². The summed E-state index contributed by atoms with van der Waals surface area (Å²) in [5.41, 5.74) is 0.918. The molecule has 120 valence electrons. The number of alkyl carbamates (subject to hydrolysis) is 1. The summed E-state index contributed by atoms with van der Waals surface area (Å²) in [6.45, 7) is 5.51. The van der Waals surface area contributed by atoms with Crippen LogP contribution in [-0.4, -0.2) is 38.9 Å². The fourth-order valence-electron chi connectivity index (χ4n) is 2.21. The zero-order valence-electron chi connectivity index (χ0n) is 13.0. The molecule has 1 aliphatic heterocycles. The van der Waals surface area contributed by atoms with Crippen LogP contribution >= 0.6 is 0 Å². The Bertz CT molecular complexity index is 560. The van der Waals surface area contributed by atoms with E-state index in [1.165, 1.54) is 7.11 Å². The molecule has 0 spiro atoms. The van der Waals surface area contributed by atoms with E-state index >= 15 is 0 Å². The lowest BCUT2D eigenvalue weighted by Gasteiger charge is -2.17. The van der Waals surface area contributed by atoms with Crippen LogP contribution < -0.4 is 20.1 Å². The van der Waals surface area contributed by atoms with Gasteiger partial charge in [-0.1, -0.05) is 12.1 Å². The van der Waals surface area contributed by atoms with Crippen molar-refractivity contribution >= 4 is 12.1 Å². The van der Waals surface area contributed by atoms with Gasteiger partial charge in [0.1, 0.15) is 0 Å². The maximum atomic E-state index is 11.2. The molecule has 1 amide bonds. The number of rotatable bonds is 5. The molecule has 7 nitrogen and oxygen atoms in total. The third-order valence-electron chi connectivity index (χ3n) is 3.11. The van der Waals surface area contributed by atoms with Crippen LogP contribution in [0.1, 0.15) is 25.5 Å². The molecule has 0 aromatic heterocycles. The molecule has 0 radical (unpaired) electrons. The number of hydrogen-bond acceptors (Lipinski definition) is 6. The van der Waals surface area contributed by atoms with Crippen molar-refractivity contribution in [3.63, 3.8) is 0 Å². The number of nitrogens with zero attached hydrogens (tertiary/aromatic N) is 1. The van der Waals surface area contributed by atoms with Crippen LogP contribution in [0.4, 0.5) is 4.79 Å². The number of para-hydroxylation sites is 1. The van der Waals surface area contributed by atoms with Crippen molar-refractivity contribution in [2.45, 2.75) is 19.9 Å². The normalized spacial score (nSPS) is 16.5. The number of amides is 1. The Labute approximate surface area is 129 Å². The molecule has 0 fully saturated rings. The molecule has 0 saturated heterocycles. The van der Waals surface area contributed by atoms with E-state index in [0.29, 0.717) is 37.2 Å². The Hall–Kier alpha value is -2.44. The van der Waals surface area contributed by atoms with Gasteiger partial charge in [-0.3, -0.25) is 5.32 Å². The van der Waals surface area contributed by atoms with Gasteiger partial charge in [-0.2, -0.15) is 0 Å². The zero-order valence-corrected chi connectivity index (χ0v) is 13.0. The lowest BCUT2D eigenvalue weighted by molar-refractivity contribution is 0.176. The Kier molecular flexibility index (Phi) is 5.46. The van der Waals surface area contributed by atoms with Crippen LogP contribution in [0.5, 0.6) is 11.5 Å². The predicted octanol–water partition coefficient (Wildman–Crippen LogP) is 1.84. The van der Waals surface area contributed by atoms with Gasteiger partial charge in [-0.25, -0.2) is 9.79 Å². The van der Waals surface area contributed by atoms with Crippen LogP contribution in [0.15, 0.2) is 23.2 Å². The first-order chi connectivity index (χ1) is 10.7. The minimum absolute atomic E-state index is 0.158. The van der Waals surface area contributed by atoms with Gasteiger partial charge in [0, 0.05) is 12.1 Å². The Balaban J connectivity index is 2.24. The quantitative estimate of drug-likeness (QED) is 0.867. The van der Waals surface area contributed by atoms with Crippen molar-refractivity contribution in [2.75, 3.05) is 26.9 Å². The second-order valence-electron chi connectivity index (χ2n) is 4.53. The molecule has 0 aliphatic carbocycles. The van der Waals surface area contributed by atoms with Gasteiger partial charge in [-0.15, -0.1) is 0 Å². The molecule has 1 unspecified atom stereocenters. The summed E-state index contributed by atoms with van der Waals surface area (Å²) in [6, 6.07) is 5.57. The number of benzene rings is 1. The van der Waals surface area contributed by atoms with E-state index in [-0.39, 0.29) is 6.04 Å². The van der Waals surface area contributed by atoms with Gasteiger partial charge in [0.05, 0.1) is 26.4 Å². The highest BCUT2D eigenvalue weighted by atomic mass is 16.5. The number of carbonyl (C=O) groups is 1. The molecule has 2 N–H and O–H groups in total. The smallest absolute Gasteiger partial charge is 0.413 e. The molecular formula is C15H21N3O4. The van der Waals surface area contributed by atoms with Crippen LogP contribution in [0.2, 0.25) is 0 Å². The molecule has 1 aromatic carbocycles. The van der Waals surface area contributed by atoms with E-state index in [4.69, 9.17) is 9.47 Å². The summed E-state index contributed by atoms with van der Waals surface area (Å²) >= 11 is 0. The minimum Gasteiger partial charge on any atom is -0.490 e. The molecule has 2 rings (SSSR count). The molecule has 22 heavy (non-hydrogen) atoms. The predicted molar refractivity (Wildman–Crippen MR) is 82.5 cm³/mol. The van der Waals surface area contributed by atoms with Gasteiger partial charge in [-0.05, 0) is 19.9 Å². The lowest BCUT2D eigenvalue weighted by Crippen LogP contribution is -2.37.